The van der Waals surface area contributed by atoms with Crippen LogP contribution in [0.15, 0.2) is 24.3 Å². The van der Waals surface area contributed by atoms with Crippen molar-refractivity contribution in [3.05, 3.63) is 29.8 Å². The van der Waals surface area contributed by atoms with E-state index in [9.17, 15) is 14.7 Å². The predicted molar refractivity (Wildman–Crippen MR) is 73.0 cm³/mol. The maximum Gasteiger partial charge on any atom is 0.227 e. The molecule has 2 aliphatic rings. The lowest BCUT2D eigenvalue weighted by atomic mass is 9.91. The van der Waals surface area contributed by atoms with Gasteiger partial charge in [0.05, 0.1) is 18.4 Å². The summed E-state index contributed by atoms with van der Waals surface area (Å²) in [5.41, 5.74) is 0.636. The molecule has 0 saturated carbocycles. The highest BCUT2D eigenvalue weighted by Crippen LogP contribution is 2.28. The Hall–Kier alpha value is -2.04. The van der Waals surface area contributed by atoms with Crippen LogP contribution in [0.25, 0.3) is 0 Å². The molecule has 3 rings (SSSR count). The van der Waals surface area contributed by atoms with Crippen LogP contribution in [0.1, 0.15) is 18.4 Å². The summed E-state index contributed by atoms with van der Waals surface area (Å²) < 4.78 is 0. The van der Waals surface area contributed by atoms with E-state index in [2.05, 4.69) is 5.32 Å². The van der Waals surface area contributed by atoms with Gasteiger partial charge in [0.1, 0.15) is 5.75 Å². The molecule has 2 aliphatic heterocycles. The molecular formula is C15H18N2O3. The number of likely N-dealkylation sites (tertiary alicyclic amines) is 1. The van der Waals surface area contributed by atoms with E-state index in [0.717, 1.165) is 12.8 Å². The van der Waals surface area contributed by atoms with Crippen LogP contribution in [0, 0.1) is 5.92 Å². The van der Waals surface area contributed by atoms with Gasteiger partial charge in [-0.2, -0.15) is 0 Å². The summed E-state index contributed by atoms with van der Waals surface area (Å²) in [5, 5.41) is 12.6. The van der Waals surface area contributed by atoms with Crippen LogP contribution in [0.4, 0.5) is 0 Å². The lowest BCUT2D eigenvalue weighted by Crippen LogP contribution is -2.49. The number of nitrogens with one attached hydrogen (secondary N) is 1. The van der Waals surface area contributed by atoms with Crippen LogP contribution in [0.2, 0.25) is 0 Å². The minimum absolute atomic E-state index is 0.0160. The largest absolute Gasteiger partial charge is 0.508 e. The zero-order valence-electron chi connectivity index (χ0n) is 11.2. The number of amides is 2. The van der Waals surface area contributed by atoms with E-state index in [1.54, 1.807) is 23.1 Å². The number of rotatable bonds is 2. The van der Waals surface area contributed by atoms with Crippen molar-refractivity contribution in [2.45, 2.75) is 25.3 Å². The van der Waals surface area contributed by atoms with Crippen molar-refractivity contribution in [1.82, 2.24) is 10.2 Å². The van der Waals surface area contributed by atoms with E-state index in [0.29, 0.717) is 18.7 Å². The fourth-order valence-corrected chi connectivity index (χ4v) is 3.19. The monoisotopic (exact) mass is 274 g/mol. The Labute approximate surface area is 117 Å². The molecule has 2 saturated heterocycles. The molecule has 0 aliphatic carbocycles. The number of phenols is 1. The maximum absolute atomic E-state index is 12.4. The second-order valence-corrected chi connectivity index (χ2v) is 5.45. The number of carbonyl (C=O) groups is 2. The fourth-order valence-electron chi connectivity index (χ4n) is 3.19. The molecule has 2 atom stereocenters. The Balaban J connectivity index is 1.74. The maximum atomic E-state index is 12.4. The van der Waals surface area contributed by atoms with Crippen LogP contribution in [-0.4, -0.2) is 41.0 Å². The third-order valence-corrected chi connectivity index (χ3v) is 4.25. The number of phenolic OH excluding ortho intramolecular Hbond substituents is 1. The number of para-hydroxylation sites is 1. The molecule has 0 aromatic heterocycles. The zero-order valence-corrected chi connectivity index (χ0v) is 11.2. The number of hydrogen-bond donors (Lipinski definition) is 2. The van der Waals surface area contributed by atoms with E-state index in [1.165, 1.54) is 0 Å². The van der Waals surface area contributed by atoms with Gasteiger partial charge in [-0.3, -0.25) is 9.59 Å². The van der Waals surface area contributed by atoms with Gasteiger partial charge in [0.25, 0.3) is 0 Å². The lowest BCUT2D eigenvalue weighted by molar-refractivity contribution is -0.136. The van der Waals surface area contributed by atoms with Gasteiger partial charge in [-0.25, -0.2) is 0 Å². The predicted octanol–water partition coefficient (Wildman–Crippen LogP) is 0.672. The molecule has 20 heavy (non-hydrogen) atoms. The average molecular weight is 274 g/mol. The molecule has 5 heteroatoms. The Kier molecular flexibility index (Phi) is 3.34. The van der Waals surface area contributed by atoms with Crippen LogP contribution in [0.5, 0.6) is 5.75 Å². The summed E-state index contributed by atoms with van der Waals surface area (Å²) >= 11 is 0. The fraction of sp³-hybridized carbons (Fsp3) is 0.467. The molecule has 2 heterocycles. The van der Waals surface area contributed by atoms with Gasteiger partial charge in [-0.1, -0.05) is 18.2 Å². The highest BCUT2D eigenvalue weighted by Gasteiger charge is 2.42. The van der Waals surface area contributed by atoms with E-state index >= 15 is 0 Å². The minimum atomic E-state index is -0.0583. The lowest BCUT2D eigenvalue weighted by Gasteiger charge is -2.36. The highest BCUT2D eigenvalue weighted by atomic mass is 16.3. The number of nitrogens with zero attached hydrogens (tertiary/aromatic N) is 1. The van der Waals surface area contributed by atoms with Crippen molar-refractivity contribution < 1.29 is 14.7 Å². The van der Waals surface area contributed by atoms with Crippen LogP contribution >= 0.6 is 0 Å². The summed E-state index contributed by atoms with van der Waals surface area (Å²) in [6, 6.07) is 6.87. The molecule has 2 fully saturated rings. The summed E-state index contributed by atoms with van der Waals surface area (Å²) in [6.07, 6.45) is 1.90. The highest BCUT2D eigenvalue weighted by molar-refractivity contribution is 5.85. The van der Waals surface area contributed by atoms with Crippen molar-refractivity contribution >= 4 is 11.8 Å². The average Bonchev–Trinajstić information content (AvgIpc) is 2.83. The van der Waals surface area contributed by atoms with E-state index in [-0.39, 0.29) is 35.9 Å². The van der Waals surface area contributed by atoms with Gasteiger partial charge in [-0.15, -0.1) is 0 Å². The van der Waals surface area contributed by atoms with Gasteiger partial charge < -0.3 is 15.3 Å². The van der Waals surface area contributed by atoms with Crippen molar-refractivity contribution in [1.29, 1.82) is 0 Å². The molecule has 0 spiro atoms. The topological polar surface area (TPSA) is 69.6 Å². The van der Waals surface area contributed by atoms with E-state index < -0.39 is 0 Å². The molecule has 2 N–H and O–H groups in total. The quantitative estimate of drug-likeness (QED) is 0.833. The third kappa shape index (κ3) is 2.24. The van der Waals surface area contributed by atoms with Gasteiger partial charge in [-0.05, 0) is 18.9 Å². The Morgan fingerprint density at radius 2 is 2.20 bits per heavy atom. The second-order valence-electron chi connectivity index (χ2n) is 5.45. The number of carbonyl (C=O) groups excluding carboxylic acids is 2. The van der Waals surface area contributed by atoms with Gasteiger partial charge in [0.15, 0.2) is 0 Å². The molecule has 106 valence electrons. The Morgan fingerprint density at radius 3 is 3.00 bits per heavy atom. The molecule has 1 aromatic rings. The van der Waals surface area contributed by atoms with Gasteiger partial charge in [0, 0.05) is 18.7 Å². The smallest absolute Gasteiger partial charge is 0.227 e. The van der Waals surface area contributed by atoms with Crippen molar-refractivity contribution in [3.63, 3.8) is 0 Å². The molecule has 1 aromatic carbocycles. The molecule has 0 bridgehead atoms. The summed E-state index contributed by atoms with van der Waals surface area (Å²) in [5.74, 6) is 0.139. The van der Waals surface area contributed by atoms with Crippen LogP contribution in [0.3, 0.4) is 0 Å². The SMILES string of the molecule is O=C1NCC2C1CCCN2C(=O)Cc1ccccc1O. The van der Waals surface area contributed by atoms with Gasteiger partial charge in [0.2, 0.25) is 11.8 Å². The number of fused-ring (bicyclic) bond motifs is 1. The summed E-state index contributed by atoms with van der Waals surface area (Å²) in [7, 11) is 0. The minimum Gasteiger partial charge on any atom is -0.508 e. The zero-order chi connectivity index (χ0) is 14.1. The van der Waals surface area contributed by atoms with Crippen molar-refractivity contribution in [3.8, 4) is 5.75 Å². The van der Waals surface area contributed by atoms with E-state index in [4.69, 9.17) is 0 Å². The van der Waals surface area contributed by atoms with Crippen molar-refractivity contribution in [2.75, 3.05) is 13.1 Å². The molecule has 2 unspecified atom stereocenters. The number of aromatic hydroxyl groups is 1. The molecule has 0 radical (unpaired) electrons. The standard InChI is InChI=1S/C15H18N2O3/c18-13-6-2-1-4-10(13)8-14(19)17-7-3-5-11-12(17)9-16-15(11)20/h1-2,4,6,11-12,18H,3,5,7-9H2,(H,16,20). The van der Waals surface area contributed by atoms with Crippen LogP contribution < -0.4 is 5.32 Å². The first-order valence-electron chi connectivity index (χ1n) is 7.01. The van der Waals surface area contributed by atoms with E-state index in [1.807, 2.05) is 6.07 Å². The first-order chi connectivity index (χ1) is 9.66. The van der Waals surface area contributed by atoms with Crippen molar-refractivity contribution in [2.24, 2.45) is 5.92 Å². The Morgan fingerprint density at radius 1 is 1.40 bits per heavy atom. The number of hydrogen-bond acceptors (Lipinski definition) is 3. The van der Waals surface area contributed by atoms with Crippen LogP contribution in [-0.2, 0) is 16.0 Å². The third-order valence-electron chi connectivity index (χ3n) is 4.25. The molecule has 5 nitrogen and oxygen atoms in total. The first kappa shape index (κ1) is 13.0. The number of piperidine rings is 1. The van der Waals surface area contributed by atoms with Gasteiger partial charge >= 0.3 is 0 Å². The number of benzene rings is 1. The molecular weight excluding hydrogens is 256 g/mol. The second kappa shape index (κ2) is 5.15. The first-order valence-corrected chi connectivity index (χ1v) is 7.01. The summed E-state index contributed by atoms with van der Waals surface area (Å²) in [4.78, 5) is 25.9. The normalized spacial score (nSPS) is 25.2. The summed E-state index contributed by atoms with van der Waals surface area (Å²) in [6.45, 7) is 1.25. The molecule has 2 amide bonds. The Bertz CT molecular complexity index is 544.